The van der Waals surface area contributed by atoms with Gasteiger partial charge in [-0.3, -0.25) is 9.69 Å². The van der Waals surface area contributed by atoms with E-state index in [1.54, 1.807) is 0 Å². The van der Waals surface area contributed by atoms with E-state index in [4.69, 9.17) is 4.74 Å². The Bertz CT molecular complexity index is 492. The Hall–Kier alpha value is -1.39. The van der Waals surface area contributed by atoms with Crippen LogP contribution in [0.1, 0.15) is 48.0 Å². The molecule has 4 heteroatoms. The largest absolute Gasteiger partial charge is 0.376 e. The van der Waals surface area contributed by atoms with E-state index >= 15 is 0 Å². The van der Waals surface area contributed by atoms with Crippen molar-refractivity contribution in [1.29, 1.82) is 0 Å². The first-order valence-corrected chi connectivity index (χ1v) is 8.52. The van der Waals surface area contributed by atoms with Gasteiger partial charge >= 0.3 is 0 Å². The Morgan fingerprint density at radius 3 is 2.86 bits per heavy atom. The van der Waals surface area contributed by atoms with Gasteiger partial charge in [-0.05, 0) is 62.9 Å². The maximum atomic E-state index is 12.3. The summed E-state index contributed by atoms with van der Waals surface area (Å²) in [5.41, 5.74) is 1.98. The maximum absolute atomic E-state index is 12.3. The molecule has 0 saturated carbocycles. The van der Waals surface area contributed by atoms with Crippen LogP contribution in [0.5, 0.6) is 0 Å². The smallest absolute Gasteiger partial charge is 0.251 e. The Kier molecular flexibility index (Phi) is 5.46. The summed E-state index contributed by atoms with van der Waals surface area (Å²) in [5, 5.41) is 3.01. The monoisotopic (exact) mass is 302 g/mol. The first-order chi connectivity index (χ1) is 10.8. The van der Waals surface area contributed by atoms with Crippen molar-refractivity contribution in [3.8, 4) is 0 Å². The molecule has 2 saturated heterocycles. The lowest BCUT2D eigenvalue weighted by molar-refractivity contribution is 0.0169. The second-order valence-corrected chi connectivity index (χ2v) is 6.38. The predicted molar refractivity (Wildman–Crippen MR) is 86.9 cm³/mol. The van der Waals surface area contributed by atoms with Crippen LogP contribution in [0, 0.1) is 0 Å². The molecule has 1 atom stereocenters. The van der Waals surface area contributed by atoms with Gasteiger partial charge in [0.15, 0.2) is 0 Å². The first-order valence-electron chi connectivity index (χ1n) is 8.52. The van der Waals surface area contributed by atoms with Crippen LogP contribution >= 0.6 is 0 Å². The molecule has 2 fully saturated rings. The normalized spacial score (nSPS) is 22.6. The highest BCUT2D eigenvalue weighted by Crippen LogP contribution is 2.14. The molecule has 0 aromatic heterocycles. The number of hydrogen-bond acceptors (Lipinski definition) is 3. The van der Waals surface area contributed by atoms with E-state index in [9.17, 15) is 4.79 Å². The summed E-state index contributed by atoms with van der Waals surface area (Å²) < 4.78 is 5.66. The molecular weight excluding hydrogens is 276 g/mol. The van der Waals surface area contributed by atoms with E-state index in [0.29, 0.717) is 6.54 Å². The summed E-state index contributed by atoms with van der Waals surface area (Å²) in [4.78, 5) is 14.7. The van der Waals surface area contributed by atoms with Crippen molar-refractivity contribution in [3.05, 3.63) is 35.4 Å². The Labute approximate surface area is 132 Å². The molecule has 1 N–H and O–H groups in total. The number of nitrogens with zero attached hydrogens (tertiary/aromatic N) is 1. The average molecular weight is 302 g/mol. The molecule has 2 heterocycles. The summed E-state index contributed by atoms with van der Waals surface area (Å²) in [6.07, 6.45) is 6.17. The second kappa shape index (κ2) is 7.75. The molecule has 1 aromatic carbocycles. The SMILES string of the molecule is O=C(NCC1CCCCO1)c1cccc(CN2CCCC2)c1. The molecule has 0 spiro atoms. The van der Waals surface area contributed by atoms with Crippen molar-refractivity contribution in [2.24, 2.45) is 0 Å². The Balaban J connectivity index is 1.52. The minimum Gasteiger partial charge on any atom is -0.376 e. The fourth-order valence-electron chi connectivity index (χ4n) is 3.29. The molecule has 1 aromatic rings. The number of amides is 1. The molecular formula is C18H26N2O2. The van der Waals surface area contributed by atoms with Gasteiger partial charge in [-0.25, -0.2) is 0 Å². The zero-order valence-corrected chi connectivity index (χ0v) is 13.2. The number of likely N-dealkylation sites (tertiary alicyclic amines) is 1. The molecule has 0 bridgehead atoms. The van der Waals surface area contributed by atoms with E-state index in [-0.39, 0.29) is 12.0 Å². The van der Waals surface area contributed by atoms with Crippen molar-refractivity contribution >= 4 is 5.91 Å². The van der Waals surface area contributed by atoms with Crippen LogP contribution in [0.4, 0.5) is 0 Å². The highest BCUT2D eigenvalue weighted by Gasteiger charge is 2.16. The molecule has 4 nitrogen and oxygen atoms in total. The Morgan fingerprint density at radius 1 is 1.23 bits per heavy atom. The summed E-state index contributed by atoms with van der Waals surface area (Å²) in [6.45, 7) is 4.75. The lowest BCUT2D eigenvalue weighted by Crippen LogP contribution is -2.35. The Morgan fingerprint density at radius 2 is 2.09 bits per heavy atom. The van der Waals surface area contributed by atoms with Gasteiger partial charge in [-0.1, -0.05) is 12.1 Å². The van der Waals surface area contributed by atoms with Gasteiger partial charge in [0, 0.05) is 25.3 Å². The molecule has 0 radical (unpaired) electrons. The van der Waals surface area contributed by atoms with Crippen LogP contribution in [-0.2, 0) is 11.3 Å². The molecule has 120 valence electrons. The summed E-state index contributed by atoms with van der Waals surface area (Å²) in [5.74, 6) is 0.0115. The van der Waals surface area contributed by atoms with Gasteiger partial charge in [0.2, 0.25) is 0 Å². The molecule has 2 aliphatic heterocycles. The van der Waals surface area contributed by atoms with Crippen molar-refractivity contribution in [3.63, 3.8) is 0 Å². The van der Waals surface area contributed by atoms with Gasteiger partial charge in [0.1, 0.15) is 0 Å². The molecule has 1 amide bonds. The minimum absolute atomic E-state index is 0.0115. The summed E-state index contributed by atoms with van der Waals surface area (Å²) in [6, 6.07) is 8.01. The standard InChI is InChI=1S/C18H26N2O2/c21-18(19-13-17-8-1-4-11-22-17)16-7-5-6-15(12-16)14-20-9-2-3-10-20/h5-7,12,17H,1-4,8-11,13-14H2,(H,19,21). The van der Waals surface area contributed by atoms with Crippen molar-refractivity contribution in [1.82, 2.24) is 10.2 Å². The zero-order chi connectivity index (χ0) is 15.2. The summed E-state index contributed by atoms with van der Waals surface area (Å²) in [7, 11) is 0. The third-order valence-electron chi connectivity index (χ3n) is 4.56. The van der Waals surface area contributed by atoms with Crippen molar-refractivity contribution in [2.75, 3.05) is 26.2 Å². The topological polar surface area (TPSA) is 41.6 Å². The highest BCUT2D eigenvalue weighted by molar-refractivity contribution is 5.94. The molecule has 22 heavy (non-hydrogen) atoms. The van der Waals surface area contributed by atoms with Gasteiger partial charge in [0.05, 0.1) is 6.10 Å². The molecule has 1 unspecified atom stereocenters. The molecule has 2 aliphatic rings. The third-order valence-corrected chi connectivity index (χ3v) is 4.56. The number of carbonyl (C=O) groups excluding carboxylic acids is 1. The van der Waals surface area contributed by atoms with E-state index in [1.807, 2.05) is 18.2 Å². The summed E-state index contributed by atoms with van der Waals surface area (Å²) >= 11 is 0. The van der Waals surface area contributed by atoms with E-state index in [1.165, 1.54) is 37.9 Å². The molecule has 3 rings (SSSR count). The van der Waals surface area contributed by atoms with Crippen LogP contribution in [0.3, 0.4) is 0 Å². The number of benzene rings is 1. The van der Waals surface area contributed by atoms with Crippen molar-refractivity contribution in [2.45, 2.75) is 44.8 Å². The van der Waals surface area contributed by atoms with Crippen LogP contribution in [0.15, 0.2) is 24.3 Å². The predicted octanol–water partition coefficient (Wildman–Crippen LogP) is 2.58. The number of nitrogens with one attached hydrogen (secondary N) is 1. The maximum Gasteiger partial charge on any atom is 0.251 e. The van der Waals surface area contributed by atoms with E-state index in [0.717, 1.165) is 31.6 Å². The lowest BCUT2D eigenvalue weighted by atomic mass is 10.1. The fraction of sp³-hybridized carbons (Fsp3) is 0.611. The lowest BCUT2D eigenvalue weighted by Gasteiger charge is -2.22. The van der Waals surface area contributed by atoms with Gasteiger partial charge in [0.25, 0.3) is 5.91 Å². The average Bonchev–Trinajstić information content (AvgIpc) is 3.07. The zero-order valence-electron chi connectivity index (χ0n) is 13.2. The van der Waals surface area contributed by atoms with Gasteiger partial charge in [-0.15, -0.1) is 0 Å². The fourth-order valence-corrected chi connectivity index (χ4v) is 3.29. The second-order valence-electron chi connectivity index (χ2n) is 6.38. The van der Waals surface area contributed by atoms with Crippen molar-refractivity contribution < 1.29 is 9.53 Å². The molecule has 0 aliphatic carbocycles. The van der Waals surface area contributed by atoms with Crippen LogP contribution in [0.2, 0.25) is 0 Å². The highest BCUT2D eigenvalue weighted by atomic mass is 16.5. The number of ether oxygens (including phenoxy) is 1. The minimum atomic E-state index is 0.0115. The van der Waals surface area contributed by atoms with Crippen LogP contribution in [0.25, 0.3) is 0 Å². The third kappa shape index (κ3) is 4.31. The quantitative estimate of drug-likeness (QED) is 0.909. The van der Waals surface area contributed by atoms with Crippen LogP contribution in [-0.4, -0.2) is 43.2 Å². The first kappa shape index (κ1) is 15.5. The van der Waals surface area contributed by atoms with E-state index < -0.39 is 0 Å². The number of rotatable bonds is 5. The van der Waals surface area contributed by atoms with E-state index in [2.05, 4.69) is 16.3 Å². The van der Waals surface area contributed by atoms with Gasteiger partial charge < -0.3 is 10.1 Å². The van der Waals surface area contributed by atoms with Crippen LogP contribution < -0.4 is 5.32 Å². The number of carbonyl (C=O) groups is 1. The number of hydrogen-bond donors (Lipinski definition) is 1. The van der Waals surface area contributed by atoms with Gasteiger partial charge in [-0.2, -0.15) is 0 Å².